The van der Waals surface area contributed by atoms with E-state index in [4.69, 9.17) is 5.26 Å². The minimum Gasteiger partial charge on any atom is -0.289 e. The van der Waals surface area contributed by atoms with Crippen molar-refractivity contribution in [3.05, 3.63) is 80.9 Å². The van der Waals surface area contributed by atoms with Gasteiger partial charge in [0.05, 0.1) is 16.6 Å². The monoisotopic (exact) mass is 292 g/mol. The summed E-state index contributed by atoms with van der Waals surface area (Å²) in [4.78, 5) is 22.4. The van der Waals surface area contributed by atoms with E-state index in [1.165, 1.54) is 18.2 Å². The van der Waals surface area contributed by atoms with Gasteiger partial charge in [0.2, 0.25) is 0 Å². The van der Waals surface area contributed by atoms with Gasteiger partial charge in [-0.05, 0) is 42.8 Å². The van der Waals surface area contributed by atoms with Crippen molar-refractivity contribution in [3.8, 4) is 6.07 Å². The Bertz CT molecular complexity index is 800. The molecule has 0 aromatic heterocycles. The number of nitro benzene ring substituents is 1. The predicted molar refractivity (Wildman–Crippen MR) is 82.4 cm³/mol. The van der Waals surface area contributed by atoms with Gasteiger partial charge in [-0.15, -0.1) is 0 Å². The predicted octanol–water partition coefficient (Wildman–Crippen LogP) is 3.67. The lowest BCUT2D eigenvalue weighted by Gasteiger charge is -1.99. The van der Waals surface area contributed by atoms with E-state index < -0.39 is 4.92 Å². The van der Waals surface area contributed by atoms with Crippen LogP contribution >= 0.6 is 0 Å². The van der Waals surface area contributed by atoms with Gasteiger partial charge in [0.1, 0.15) is 0 Å². The Hall–Kier alpha value is -3.26. The molecule has 2 aromatic carbocycles. The van der Waals surface area contributed by atoms with Gasteiger partial charge in [-0.1, -0.05) is 18.2 Å². The molecule has 0 fully saturated rings. The average Bonchev–Trinajstić information content (AvgIpc) is 2.53. The molecule has 0 aliphatic heterocycles. The molecule has 0 N–H and O–H groups in total. The van der Waals surface area contributed by atoms with Crippen molar-refractivity contribution >= 4 is 17.5 Å². The third-order valence-electron chi connectivity index (χ3n) is 3.16. The van der Waals surface area contributed by atoms with Crippen LogP contribution in [0.25, 0.3) is 6.08 Å². The van der Waals surface area contributed by atoms with Crippen LogP contribution in [0.5, 0.6) is 0 Å². The average molecular weight is 292 g/mol. The first-order chi connectivity index (χ1) is 10.5. The van der Waals surface area contributed by atoms with Gasteiger partial charge >= 0.3 is 0 Å². The lowest BCUT2D eigenvalue weighted by atomic mass is 10.1. The smallest absolute Gasteiger partial charge is 0.272 e. The topological polar surface area (TPSA) is 84.0 Å². The van der Waals surface area contributed by atoms with Crippen molar-refractivity contribution in [1.29, 1.82) is 5.26 Å². The summed E-state index contributed by atoms with van der Waals surface area (Å²) in [5.41, 5.74) is 2.11. The second-order valence-electron chi connectivity index (χ2n) is 4.69. The summed E-state index contributed by atoms with van der Waals surface area (Å²) < 4.78 is 0. The quantitative estimate of drug-likeness (QED) is 0.372. The van der Waals surface area contributed by atoms with E-state index in [1.54, 1.807) is 43.3 Å². The van der Waals surface area contributed by atoms with Gasteiger partial charge in [0.15, 0.2) is 5.78 Å². The first-order valence-corrected chi connectivity index (χ1v) is 6.49. The summed E-state index contributed by atoms with van der Waals surface area (Å²) in [6, 6.07) is 13.0. The number of nitrogens with zero attached hydrogens (tertiary/aromatic N) is 2. The lowest BCUT2D eigenvalue weighted by Crippen LogP contribution is -1.94. The van der Waals surface area contributed by atoms with Crippen LogP contribution < -0.4 is 0 Å². The zero-order valence-electron chi connectivity index (χ0n) is 11.8. The molecular weight excluding hydrogens is 280 g/mol. The summed E-state index contributed by atoms with van der Waals surface area (Å²) in [5, 5.41) is 19.6. The van der Waals surface area contributed by atoms with Crippen molar-refractivity contribution in [2.24, 2.45) is 0 Å². The normalized spacial score (nSPS) is 10.4. The van der Waals surface area contributed by atoms with Gasteiger partial charge < -0.3 is 0 Å². The van der Waals surface area contributed by atoms with Crippen molar-refractivity contribution in [2.45, 2.75) is 6.92 Å². The molecule has 0 saturated carbocycles. The molecule has 0 saturated heterocycles. The molecule has 5 nitrogen and oxygen atoms in total. The molecule has 0 radical (unpaired) electrons. The maximum absolute atomic E-state index is 12.0. The Kier molecular flexibility index (Phi) is 4.44. The molecule has 108 valence electrons. The summed E-state index contributed by atoms with van der Waals surface area (Å²) in [5.74, 6) is -0.229. The molecule has 0 atom stereocenters. The third kappa shape index (κ3) is 3.44. The number of benzene rings is 2. The van der Waals surface area contributed by atoms with Gasteiger partial charge in [-0.2, -0.15) is 5.26 Å². The lowest BCUT2D eigenvalue weighted by molar-refractivity contribution is -0.385. The number of hydrogen-bond donors (Lipinski definition) is 0. The minimum atomic E-state index is -0.449. The number of nitro groups is 1. The Balaban J connectivity index is 2.20. The number of carbonyl (C=O) groups is 1. The molecular formula is C17H12N2O3. The standard InChI is InChI=1S/C17H12N2O3/c1-12-2-3-13(10-16(12)19(21)22)6-9-17(20)15-7-4-14(11-18)5-8-15/h2-10H,1H3/b9-6+. The Labute approximate surface area is 127 Å². The fraction of sp³-hybridized carbons (Fsp3) is 0.0588. The highest BCUT2D eigenvalue weighted by molar-refractivity contribution is 6.06. The van der Waals surface area contributed by atoms with E-state index in [9.17, 15) is 14.9 Å². The van der Waals surface area contributed by atoms with E-state index in [0.29, 0.717) is 22.3 Å². The largest absolute Gasteiger partial charge is 0.289 e. The first kappa shape index (κ1) is 15.1. The van der Waals surface area contributed by atoms with Gasteiger partial charge in [-0.3, -0.25) is 14.9 Å². The van der Waals surface area contributed by atoms with Crippen LogP contribution in [0.1, 0.15) is 27.0 Å². The minimum absolute atomic E-state index is 0.0213. The highest BCUT2D eigenvalue weighted by Crippen LogP contribution is 2.20. The van der Waals surface area contributed by atoms with Crippen LogP contribution in [0.4, 0.5) is 5.69 Å². The molecule has 0 aliphatic carbocycles. The van der Waals surface area contributed by atoms with Gasteiger partial charge in [-0.25, -0.2) is 0 Å². The highest BCUT2D eigenvalue weighted by Gasteiger charge is 2.10. The molecule has 0 spiro atoms. The van der Waals surface area contributed by atoms with Crippen molar-refractivity contribution in [1.82, 2.24) is 0 Å². The van der Waals surface area contributed by atoms with Gasteiger partial charge in [0.25, 0.3) is 5.69 Å². The van der Waals surface area contributed by atoms with Crippen LogP contribution in [-0.2, 0) is 0 Å². The van der Waals surface area contributed by atoms with Crippen molar-refractivity contribution < 1.29 is 9.72 Å². The Morgan fingerprint density at radius 3 is 2.50 bits per heavy atom. The van der Waals surface area contributed by atoms with E-state index in [-0.39, 0.29) is 11.5 Å². The van der Waals surface area contributed by atoms with Crippen LogP contribution in [-0.4, -0.2) is 10.7 Å². The number of allylic oxidation sites excluding steroid dienone is 1. The number of rotatable bonds is 4. The Morgan fingerprint density at radius 1 is 1.23 bits per heavy atom. The van der Waals surface area contributed by atoms with E-state index >= 15 is 0 Å². The highest BCUT2D eigenvalue weighted by atomic mass is 16.6. The van der Waals surface area contributed by atoms with Crippen LogP contribution in [0.15, 0.2) is 48.5 Å². The maximum atomic E-state index is 12.0. The molecule has 2 aromatic rings. The van der Waals surface area contributed by atoms with Crippen molar-refractivity contribution in [2.75, 3.05) is 0 Å². The number of ketones is 1. The third-order valence-corrected chi connectivity index (χ3v) is 3.16. The van der Waals surface area contributed by atoms with Gasteiger partial charge in [0, 0.05) is 17.2 Å². The Morgan fingerprint density at radius 2 is 1.91 bits per heavy atom. The summed E-state index contributed by atoms with van der Waals surface area (Å²) >= 11 is 0. The number of carbonyl (C=O) groups excluding carboxylic acids is 1. The molecule has 22 heavy (non-hydrogen) atoms. The molecule has 0 heterocycles. The summed E-state index contributed by atoms with van der Waals surface area (Å²) in [6.45, 7) is 1.66. The van der Waals surface area contributed by atoms with Crippen molar-refractivity contribution in [3.63, 3.8) is 0 Å². The zero-order chi connectivity index (χ0) is 16.1. The number of hydrogen-bond acceptors (Lipinski definition) is 4. The molecule has 0 aliphatic rings. The second-order valence-corrected chi connectivity index (χ2v) is 4.69. The SMILES string of the molecule is Cc1ccc(/C=C/C(=O)c2ccc(C#N)cc2)cc1[N+](=O)[O-]. The summed E-state index contributed by atoms with van der Waals surface area (Å²) in [7, 11) is 0. The van der Waals surface area contributed by atoms with Crippen LogP contribution in [0, 0.1) is 28.4 Å². The van der Waals surface area contributed by atoms with E-state index in [1.807, 2.05) is 6.07 Å². The second kappa shape index (κ2) is 6.46. The first-order valence-electron chi connectivity index (χ1n) is 6.49. The number of nitriles is 1. The molecule has 5 heteroatoms. The van der Waals surface area contributed by atoms with E-state index in [0.717, 1.165) is 0 Å². The maximum Gasteiger partial charge on any atom is 0.272 e. The fourth-order valence-corrected chi connectivity index (χ4v) is 1.90. The summed E-state index contributed by atoms with van der Waals surface area (Å²) in [6.07, 6.45) is 2.89. The number of aryl methyl sites for hydroxylation is 1. The molecule has 0 amide bonds. The fourth-order valence-electron chi connectivity index (χ4n) is 1.90. The zero-order valence-corrected chi connectivity index (χ0v) is 11.8. The van der Waals surface area contributed by atoms with Crippen LogP contribution in [0.2, 0.25) is 0 Å². The van der Waals surface area contributed by atoms with E-state index in [2.05, 4.69) is 0 Å². The van der Waals surface area contributed by atoms with Crippen LogP contribution in [0.3, 0.4) is 0 Å². The molecule has 0 bridgehead atoms. The molecule has 0 unspecified atom stereocenters. The molecule has 2 rings (SSSR count).